The molecule has 0 atom stereocenters. The van der Waals surface area contributed by atoms with Crippen LogP contribution in [0.25, 0.3) is 0 Å². The van der Waals surface area contributed by atoms with Gasteiger partial charge in [-0.2, -0.15) is 0 Å². The summed E-state index contributed by atoms with van der Waals surface area (Å²) in [5.41, 5.74) is 1.50. The highest BCUT2D eigenvalue weighted by atomic mass is 35.5. The molecular weight excluding hydrogens is 264 g/mol. The summed E-state index contributed by atoms with van der Waals surface area (Å²) in [4.78, 5) is 17.5. The number of aromatic hydroxyl groups is 1. The summed E-state index contributed by atoms with van der Waals surface area (Å²) in [5, 5.41) is 9.50. The van der Waals surface area contributed by atoms with Crippen molar-refractivity contribution in [3.8, 4) is 5.75 Å². The molecule has 2 rings (SSSR count). The van der Waals surface area contributed by atoms with Crippen LogP contribution in [0.4, 0.5) is 5.69 Å². The minimum atomic E-state index is -0.226. The number of aromatic nitrogens is 1. The van der Waals surface area contributed by atoms with E-state index in [0.717, 1.165) is 5.56 Å². The number of carbonyl (C=O) groups excluding carboxylic acids is 1. The summed E-state index contributed by atoms with van der Waals surface area (Å²) in [6.45, 7) is 0.364. The van der Waals surface area contributed by atoms with Gasteiger partial charge >= 0.3 is 0 Å². The first-order valence-electron chi connectivity index (χ1n) is 5.75. The molecule has 1 amide bonds. The number of hydrogen-bond donors (Lipinski definition) is 1. The number of hydrogen-bond acceptors (Lipinski definition) is 3. The first-order chi connectivity index (χ1) is 9.20. The second kappa shape index (κ2) is 6.20. The lowest BCUT2D eigenvalue weighted by Gasteiger charge is -2.22. The van der Waals surface area contributed by atoms with Crippen LogP contribution in [0, 0.1) is 0 Å². The van der Waals surface area contributed by atoms with Crippen LogP contribution >= 0.6 is 11.6 Å². The van der Waals surface area contributed by atoms with E-state index in [1.165, 1.54) is 11.0 Å². The highest BCUT2D eigenvalue weighted by Gasteiger charge is 2.15. The van der Waals surface area contributed by atoms with Crippen LogP contribution in [-0.2, 0) is 11.3 Å². The van der Waals surface area contributed by atoms with Gasteiger partial charge in [-0.25, -0.2) is 0 Å². The third-order valence-electron chi connectivity index (χ3n) is 2.62. The lowest BCUT2D eigenvalue weighted by Crippen LogP contribution is -2.31. The summed E-state index contributed by atoms with van der Waals surface area (Å²) >= 11 is 5.63. The van der Waals surface area contributed by atoms with Gasteiger partial charge in [0.05, 0.1) is 6.54 Å². The van der Waals surface area contributed by atoms with Crippen LogP contribution in [0.5, 0.6) is 5.75 Å². The summed E-state index contributed by atoms with van der Waals surface area (Å²) < 4.78 is 0. The van der Waals surface area contributed by atoms with Crippen LogP contribution in [0.15, 0.2) is 48.8 Å². The molecule has 0 unspecified atom stereocenters. The van der Waals surface area contributed by atoms with Crippen molar-refractivity contribution in [3.63, 3.8) is 0 Å². The number of anilines is 1. The van der Waals surface area contributed by atoms with E-state index in [2.05, 4.69) is 4.98 Å². The van der Waals surface area contributed by atoms with E-state index in [1.807, 2.05) is 6.07 Å². The highest BCUT2D eigenvalue weighted by Crippen LogP contribution is 2.22. The molecule has 1 N–H and O–H groups in total. The maximum atomic E-state index is 11.9. The first-order valence-corrected chi connectivity index (χ1v) is 6.28. The topological polar surface area (TPSA) is 53.4 Å². The monoisotopic (exact) mass is 276 g/mol. The Balaban J connectivity index is 2.29. The second-order valence-electron chi connectivity index (χ2n) is 3.99. The van der Waals surface area contributed by atoms with Crippen LogP contribution in [0.2, 0.25) is 0 Å². The standard InChI is InChI=1S/C14H13ClN2O2/c15-8-14(19)17(10-11-3-2-6-16-9-11)12-4-1-5-13(18)7-12/h1-7,9,18H,8,10H2. The van der Waals surface area contributed by atoms with Gasteiger partial charge in [-0.1, -0.05) is 12.1 Å². The van der Waals surface area contributed by atoms with Gasteiger partial charge in [0.2, 0.25) is 5.91 Å². The molecule has 0 fully saturated rings. The minimum absolute atomic E-state index is 0.107. The molecular formula is C14H13ClN2O2. The van der Waals surface area contributed by atoms with Gasteiger partial charge in [0.1, 0.15) is 11.6 Å². The van der Waals surface area contributed by atoms with Gasteiger partial charge in [0.25, 0.3) is 0 Å². The van der Waals surface area contributed by atoms with Crippen molar-refractivity contribution in [1.82, 2.24) is 4.98 Å². The van der Waals surface area contributed by atoms with Crippen LogP contribution in [0.3, 0.4) is 0 Å². The number of rotatable bonds is 4. The SMILES string of the molecule is O=C(CCl)N(Cc1cccnc1)c1cccc(O)c1. The molecule has 0 saturated carbocycles. The molecule has 2 aromatic rings. The van der Waals surface area contributed by atoms with Crippen molar-refractivity contribution in [2.24, 2.45) is 0 Å². The summed E-state index contributed by atoms with van der Waals surface area (Å²) in [6.07, 6.45) is 3.36. The van der Waals surface area contributed by atoms with E-state index in [-0.39, 0.29) is 17.5 Å². The van der Waals surface area contributed by atoms with Gasteiger partial charge < -0.3 is 10.0 Å². The third kappa shape index (κ3) is 3.45. The zero-order valence-corrected chi connectivity index (χ0v) is 10.9. The first kappa shape index (κ1) is 13.4. The molecule has 1 heterocycles. The van der Waals surface area contributed by atoms with Crippen LogP contribution in [0.1, 0.15) is 5.56 Å². The van der Waals surface area contributed by atoms with Crippen molar-refractivity contribution >= 4 is 23.2 Å². The largest absolute Gasteiger partial charge is 0.508 e. The van der Waals surface area contributed by atoms with E-state index in [9.17, 15) is 9.90 Å². The number of phenols is 1. The number of pyridine rings is 1. The zero-order valence-electron chi connectivity index (χ0n) is 10.2. The Kier molecular flexibility index (Phi) is 4.36. The third-order valence-corrected chi connectivity index (χ3v) is 2.85. The number of alkyl halides is 1. The molecule has 0 aliphatic rings. The van der Waals surface area contributed by atoms with Crippen LogP contribution in [-0.4, -0.2) is 21.9 Å². The lowest BCUT2D eigenvalue weighted by atomic mass is 10.2. The summed E-state index contributed by atoms with van der Waals surface area (Å²) in [5.74, 6) is -0.234. The lowest BCUT2D eigenvalue weighted by molar-refractivity contribution is -0.116. The maximum absolute atomic E-state index is 11.9. The fraction of sp³-hybridized carbons (Fsp3) is 0.143. The fourth-order valence-electron chi connectivity index (χ4n) is 1.73. The Hall–Kier alpha value is -2.07. The predicted octanol–water partition coefficient (Wildman–Crippen LogP) is 2.56. The molecule has 0 aliphatic heterocycles. The zero-order chi connectivity index (χ0) is 13.7. The summed E-state index contributed by atoms with van der Waals surface area (Å²) in [6, 6.07) is 10.2. The molecule has 5 heteroatoms. The van der Waals surface area contributed by atoms with Gasteiger partial charge in [-0.05, 0) is 23.8 Å². The Morgan fingerprint density at radius 2 is 2.16 bits per heavy atom. The van der Waals surface area contributed by atoms with Crippen molar-refractivity contribution in [2.75, 3.05) is 10.8 Å². The van der Waals surface area contributed by atoms with Crippen molar-refractivity contribution in [3.05, 3.63) is 54.4 Å². The van der Waals surface area contributed by atoms with Gasteiger partial charge in [-0.15, -0.1) is 11.6 Å². The minimum Gasteiger partial charge on any atom is -0.508 e. The molecule has 0 saturated heterocycles. The predicted molar refractivity (Wildman–Crippen MR) is 74.3 cm³/mol. The number of halogens is 1. The number of nitrogens with zero attached hydrogens (tertiary/aromatic N) is 2. The Morgan fingerprint density at radius 3 is 2.79 bits per heavy atom. The molecule has 0 bridgehead atoms. The van der Waals surface area contributed by atoms with Gasteiger partial charge in [0.15, 0.2) is 0 Å². The molecule has 98 valence electrons. The Bertz CT molecular complexity index is 560. The molecule has 0 spiro atoms. The van der Waals surface area contributed by atoms with E-state index in [0.29, 0.717) is 12.2 Å². The Labute approximate surface area is 116 Å². The fourth-order valence-corrected chi connectivity index (χ4v) is 1.88. The van der Waals surface area contributed by atoms with E-state index >= 15 is 0 Å². The molecule has 1 aromatic carbocycles. The Morgan fingerprint density at radius 1 is 1.32 bits per heavy atom. The average Bonchev–Trinajstić information content (AvgIpc) is 2.45. The molecule has 4 nitrogen and oxygen atoms in total. The smallest absolute Gasteiger partial charge is 0.242 e. The maximum Gasteiger partial charge on any atom is 0.242 e. The molecule has 0 radical (unpaired) electrons. The van der Waals surface area contributed by atoms with E-state index in [1.54, 1.807) is 36.7 Å². The quantitative estimate of drug-likeness (QED) is 0.873. The van der Waals surface area contributed by atoms with E-state index in [4.69, 9.17) is 11.6 Å². The average molecular weight is 277 g/mol. The van der Waals surface area contributed by atoms with Crippen molar-refractivity contribution in [2.45, 2.75) is 6.54 Å². The number of phenolic OH excluding ortho intramolecular Hbond substituents is 1. The van der Waals surface area contributed by atoms with Gasteiger partial charge in [-0.3, -0.25) is 9.78 Å². The second-order valence-corrected chi connectivity index (χ2v) is 4.26. The van der Waals surface area contributed by atoms with Crippen molar-refractivity contribution < 1.29 is 9.90 Å². The summed E-state index contributed by atoms with van der Waals surface area (Å²) in [7, 11) is 0. The molecule has 1 aromatic heterocycles. The number of benzene rings is 1. The van der Waals surface area contributed by atoms with Crippen LogP contribution < -0.4 is 4.90 Å². The molecule has 0 aliphatic carbocycles. The number of carbonyl (C=O) groups is 1. The highest BCUT2D eigenvalue weighted by molar-refractivity contribution is 6.29. The van der Waals surface area contributed by atoms with Gasteiger partial charge in [0, 0.05) is 24.1 Å². The van der Waals surface area contributed by atoms with E-state index < -0.39 is 0 Å². The normalized spacial score (nSPS) is 10.2. The number of amides is 1. The van der Waals surface area contributed by atoms with Crippen molar-refractivity contribution in [1.29, 1.82) is 0 Å². The molecule has 19 heavy (non-hydrogen) atoms.